The molecular formula is C15H19N3O2. The van der Waals surface area contributed by atoms with Crippen molar-refractivity contribution in [1.29, 1.82) is 0 Å². The second-order valence-corrected chi connectivity index (χ2v) is 4.56. The molecule has 1 aromatic rings. The molecule has 1 amide bonds. The van der Waals surface area contributed by atoms with E-state index in [1.165, 1.54) is 0 Å². The number of morpholine rings is 1. The molecule has 0 radical (unpaired) electrons. The Bertz CT molecular complexity index is 533. The quantitative estimate of drug-likeness (QED) is 0.803. The highest BCUT2D eigenvalue weighted by Gasteiger charge is 2.27. The highest BCUT2D eigenvalue weighted by Crippen LogP contribution is 2.16. The molecule has 2 N–H and O–H groups in total. The van der Waals surface area contributed by atoms with Crippen LogP contribution in [0.15, 0.2) is 18.5 Å². The zero-order valence-electron chi connectivity index (χ0n) is 11.6. The van der Waals surface area contributed by atoms with Crippen LogP contribution in [0.1, 0.15) is 29.3 Å². The molecule has 1 aliphatic rings. The van der Waals surface area contributed by atoms with Gasteiger partial charge in [0.25, 0.3) is 5.91 Å². The van der Waals surface area contributed by atoms with Crippen LogP contribution in [-0.2, 0) is 4.74 Å². The summed E-state index contributed by atoms with van der Waals surface area (Å²) in [6, 6.07) is 1.84. The van der Waals surface area contributed by atoms with Gasteiger partial charge < -0.3 is 15.4 Å². The number of hydrogen-bond acceptors (Lipinski definition) is 4. The third-order valence-corrected chi connectivity index (χ3v) is 3.34. The first-order valence-electron chi connectivity index (χ1n) is 6.79. The summed E-state index contributed by atoms with van der Waals surface area (Å²) in [4.78, 5) is 18.6. The largest absolute Gasteiger partial charge is 0.377 e. The highest BCUT2D eigenvalue weighted by atomic mass is 16.5. The number of nitrogens with two attached hydrogens (primary N) is 1. The fraction of sp³-hybridized carbons (Fsp3) is 0.467. The molecule has 0 aliphatic carbocycles. The van der Waals surface area contributed by atoms with Crippen LogP contribution in [0.25, 0.3) is 0 Å². The molecule has 1 atom stereocenters. The second kappa shape index (κ2) is 7.04. The van der Waals surface area contributed by atoms with E-state index in [-0.39, 0.29) is 18.5 Å². The summed E-state index contributed by atoms with van der Waals surface area (Å²) >= 11 is 0. The number of carbonyl (C=O) groups excluding carboxylic acids is 1. The predicted octanol–water partition coefficient (Wildman–Crippen LogP) is 0.643. The highest BCUT2D eigenvalue weighted by molar-refractivity contribution is 5.96. The SMILES string of the molecule is CCC1COCCN1C(=O)c1ccncc1C#CCN. The fourth-order valence-electron chi connectivity index (χ4n) is 2.24. The van der Waals surface area contributed by atoms with Gasteiger partial charge in [-0.05, 0) is 12.5 Å². The minimum Gasteiger partial charge on any atom is -0.377 e. The van der Waals surface area contributed by atoms with Crippen molar-refractivity contribution in [3.05, 3.63) is 29.6 Å². The van der Waals surface area contributed by atoms with Gasteiger partial charge in [0.1, 0.15) is 0 Å². The molecule has 0 saturated carbocycles. The smallest absolute Gasteiger partial charge is 0.255 e. The molecule has 2 rings (SSSR count). The zero-order chi connectivity index (χ0) is 14.4. The molecule has 1 saturated heterocycles. The zero-order valence-corrected chi connectivity index (χ0v) is 11.6. The van der Waals surface area contributed by atoms with E-state index < -0.39 is 0 Å². The lowest BCUT2D eigenvalue weighted by atomic mass is 10.1. The maximum atomic E-state index is 12.7. The van der Waals surface area contributed by atoms with E-state index >= 15 is 0 Å². The summed E-state index contributed by atoms with van der Waals surface area (Å²) in [7, 11) is 0. The van der Waals surface area contributed by atoms with Gasteiger partial charge in [-0.2, -0.15) is 0 Å². The molecule has 0 aromatic carbocycles. The van der Waals surface area contributed by atoms with Crippen LogP contribution >= 0.6 is 0 Å². The Balaban J connectivity index is 2.28. The lowest BCUT2D eigenvalue weighted by Crippen LogP contribution is -2.48. The van der Waals surface area contributed by atoms with E-state index in [1.54, 1.807) is 18.5 Å². The van der Waals surface area contributed by atoms with E-state index in [0.717, 1.165) is 6.42 Å². The van der Waals surface area contributed by atoms with Gasteiger partial charge in [0.05, 0.1) is 36.9 Å². The Morgan fingerprint density at radius 1 is 1.65 bits per heavy atom. The number of ether oxygens (including phenoxy) is 1. The van der Waals surface area contributed by atoms with Crippen LogP contribution in [0.2, 0.25) is 0 Å². The second-order valence-electron chi connectivity index (χ2n) is 4.56. The van der Waals surface area contributed by atoms with Crippen molar-refractivity contribution in [3.8, 4) is 11.8 Å². The summed E-state index contributed by atoms with van der Waals surface area (Å²) in [5.74, 6) is 5.67. The minimum atomic E-state index is -0.0103. The Hall–Kier alpha value is -1.90. The number of aromatic nitrogens is 1. The van der Waals surface area contributed by atoms with E-state index in [0.29, 0.717) is 30.9 Å². The van der Waals surface area contributed by atoms with E-state index in [4.69, 9.17) is 10.5 Å². The molecule has 5 nitrogen and oxygen atoms in total. The summed E-state index contributed by atoms with van der Waals surface area (Å²) in [5.41, 5.74) is 6.60. The molecule has 1 unspecified atom stereocenters. The van der Waals surface area contributed by atoms with E-state index in [1.807, 2.05) is 4.90 Å². The van der Waals surface area contributed by atoms with Crippen LogP contribution < -0.4 is 5.73 Å². The molecular weight excluding hydrogens is 254 g/mol. The summed E-state index contributed by atoms with van der Waals surface area (Å²) in [5, 5.41) is 0. The lowest BCUT2D eigenvalue weighted by molar-refractivity contribution is -0.00281. The Morgan fingerprint density at radius 2 is 2.50 bits per heavy atom. The molecule has 1 aromatic heterocycles. The normalized spacial score (nSPS) is 18.3. The van der Waals surface area contributed by atoms with E-state index in [2.05, 4.69) is 23.7 Å². The first-order chi connectivity index (χ1) is 9.77. The van der Waals surface area contributed by atoms with Crippen LogP contribution in [0.4, 0.5) is 0 Å². The topological polar surface area (TPSA) is 68.5 Å². The van der Waals surface area contributed by atoms with Crippen molar-refractivity contribution >= 4 is 5.91 Å². The van der Waals surface area contributed by atoms with Gasteiger partial charge in [0.15, 0.2) is 0 Å². The third-order valence-electron chi connectivity index (χ3n) is 3.34. The fourth-order valence-corrected chi connectivity index (χ4v) is 2.24. The average molecular weight is 273 g/mol. The van der Waals surface area contributed by atoms with Crippen molar-refractivity contribution in [3.63, 3.8) is 0 Å². The summed E-state index contributed by atoms with van der Waals surface area (Å²) < 4.78 is 5.43. The maximum absolute atomic E-state index is 12.7. The van der Waals surface area contributed by atoms with Crippen molar-refractivity contribution in [2.24, 2.45) is 5.73 Å². The van der Waals surface area contributed by atoms with Crippen molar-refractivity contribution < 1.29 is 9.53 Å². The molecule has 1 aliphatic heterocycles. The molecule has 5 heteroatoms. The lowest BCUT2D eigenvalue weighted by Gasteiger charge is -2.35. The molecule has 0 bridgehead atoms. The van der Waals surface area contributed by atoms with E-state index in [9.17, 15) is 4.79 Å². The Morgan fingerprint density at radius 3 is 3.25 bits per heavy atom. The molecule has 20 heavy (non-hydrogen) atoms. The van der Waals surface area contributed by atoms with Crippen LogP contribution in [0.3, 0.4) is 0 Å². The van der Waals surface area contributed by atoms with Gasteiger partial charge >= 0.3 is 0 Å². The first-order valence-corrected chi connectivity index (χ1v) is 6.79. The molecule has 1 fully saturated rings. The van der Waals surface area contributed by atoms with Crippen molar-refractivity contribution in [1.82, 2.24) is 9.88 Å². The van der Waals surface area contributed by atoms with Crippen molar-refractivity contribution in [2.45, 2.75) is 19.4 Å². The van der Waals surface area contributed by atoms with Crippen LogP contribution in [0.5, 0.6) is 0 Å². The number of rotatable bonds is 2. The van der Waals surface area contributed by atoms with Gasteiger partial charge in [-0.1, -0.05) is 18.8 Å². The van der Waals surface area contributed by atoms with Crippen LogP contribution in [-0.4, -0.2) is 48.1 Å². The minimum absolute atomic E-state index is 0.0103. The Labute approximate surface area is 119 Å². The first kappa shape index (κ1) is 14.5. The Kier molecular flexibility index (Phi) is 5.10. The number of pyridine rings is 1. The standard InChI is InChI=1S/C15H19N3O2/c1-2-13-11-20-9-8-18(13)15(19)14-5-7-17-10-12(14)4-3-6-16/h5,7,10,13H,2,6,8-9,11,16H2,1H3. The number of amides is 1. The molecule has 106 valence electrons. The summed E-state index contributed by atoms with van der Waals surface area (Å²) in [6.45, 7) is 4.11. The molecule has 2 heterocycles. The van der Waals surface area contributed by atoms with Gasteiger partial charge in [0.2, 0.25) is 0 Å². The molecule has 0 spiro atoms. The van der Waals surface area contributed by atoms with Crippen molar-refractivity contribution in [2.75, 3.05) is 26.3 Å². The van der Waals surface area contributed by atoms with Gasteiger partial charge in [-0.3, -0.25) is 9.78 Å². The van der Waals surface area contributed by atoms with Crippen LogP contribution in [0, 0.1) is 11.8 Å². The number of carbonyl (C=O) groups is 1. The van der Waals surface area contributed by atoms with Gasteiger partial charge in [0, 0.05) is 18.9 Å². The third kappa shape index (κ3) is 3.16. The predicted molar refractivity (Wildman–Crippen MR) is 76.1 cm³/mol. The average Bonchev–Trinajstić information content (AvgIpc) is 2.52. The van der Waals surface area contributed by atoms with Gasteiger partial charge in [-0.15, -0.1) is 0 Å². The monoisotopic (exact) mass is 273 g/mol. The number of nitrogens with zero attached hydrogens (tertiary/aromatic N) is 2. The number of hydrogen-bond donors (Lipinski definition) is 1. The summed E-state index contributed by atoms with van der Waals surface area (Å²) in [6.07, 6.45) is 4.10. The maximum Gasteiger partial charge on any atom is 0.255 e. The van der Waals surface area contributed by atoms with Gasteiger partial charge in [-0.25, -0.2) is 0 Å².